The Morgan fingerprint density at radius 2 is 2.50 bits per heavy atom. The van der Waals surface area contributed by atoms with Crippen molar-refractivity contribution in [2.45, 2.75) is 20.3 Å². The molecule has 0 saturated carbocycles. The van der Waals surface area contributed by atoms with Crippen LogP contribution >= 0.6 is 0 Å². The van der Waals surface area contributed by atoms with Crippen LogP contribution < -0.4 is 0 Å². The Bertz CT molecular complexity index is 212. The van der Waals surface area contributed by atoms with E-state index in [0.29, 0.717) is 0 Å². The van der Waals surface area contributed by atoms with E-state index in [1.54, 1.807) is 0 Å². The zero-order valence-corrected chi connectivity index (χ0v) is 7.88. The van der Waals surface area contributed by atoms with Gasteiger partial charge in [0.2, 0.25) is 0 Å². The maximum absolute atomic E-state index is 8.63. The van der Waals surface area contributed by atoms with E-state index < -0.39 is 0 Å². The molecule has 0 N–H and O–H groups in total. The molecule has 1 aliphatic rings. The van der Waals surface area contributed by atoms with Crippen LogP contribution in [0.25, 0.3) is 0 Å². The lowest BCUT2D eigenvalue weighted by Gasteiger charge is -2.25. The monoisotopic (exact) mass is 164 g/mol. The summed E-state index contributed by atoms with van der Waals surface area (Å²) in [5.41, 5.74) is 1.48. The van der Waals surface area contributed by atoms with E-state index in [9.17, 15) is 0 Å². The van der Waals surface area contributed by atoms with E-state index in [4.69, 9.17) is 5.26 Å². The molecule has 1 aliphatic heterocycles. The van der Waals surface area contributed by atoms with Crippen LogP contribution in [0.2, 0.25) is 0 Å². The molecule has 0 radical (unpaired) electrons. The fraction of sp³-hybridized carbons (Fsp3) is 0.700. The molecule has 0 amide bonds. The number of nitrogens with zero attached hydrogens (tertiary/aromatic N) is 2. The predicted molar refractivity (Wildman–Crippen MR) is 49.6 cm³/mol. The summed E-state index contributed by atoms with van der Waals surface area (Å²) in [4.78, 5) is 2.33. The second-order valence-corrected chi connectivity index (χ2v) is 3.59. The van der Waals surface area contributed by atoms with Crippen LogP contribution in [-0.2, 0) is 0 Å². The Kier molecular flexibility index (Phi) is 3.31. The van der Waals surface area contributed by atoms with Gasteiger partial charge in [0, 0.05) is 19.6 Å². The van der Waals surface area contributed by atoms with Crippen molar-refractivity contribution in [3.8, 4) is 6.07 Å². The highest BCUT2D eigenvalue weighted by molar-refractivity contribution is 5.04. The van der Waals surface area contributed by atoms with Gasteiger partial charge in [-0.1, -0.05) is 11.6 Å². The summed E-state index contributed by atoms with van der Waals surface area (Å²) >= 11 is 0. The summed E-state index contributed by atoms with van der Waals surface area (Å²) in [5.74, 6) is 0.164. The molecule has 2 nitrogen and oxygen atoms in total. The minimum atomic E-state index is 0.164. The largest absolute Gasteiger partial charge is 0.298 e. The van der Waals surface area contributed by atoms with Crippen LogP contribution in [0.5, 0.6) is 0 Å². The van der Waals surface area contributed by atoms with Gasteiger partial charge in [0.1, 0.15) is 0 Å². The van der Waals surface area contributed by atoms with Gasteiger partial charge in [0.15, 0.2) is 0 Å². The quantitative estimate of drug-likeness (QED) is 0.582. The van der Waals surface area contributed by atoms with Crippen LogP contribution in [-0.4, -0.2) is 24.5 Å². The Hall–Kier alpha value is -0.810. The Morgan fingerprint density at radius 3 is 3.00 bits per heavy atom. The van der Waals surface area contributed by atoms with E-state index in [-0.39, 0.29) is 5.92 Å². The lowest BCUT2D eigenvalue weighted by Crippen LogP contribution is -2.32. The first-order valence-corrected chi connectivity index (χ1v) is 4.50. The van der Waals surface area contributed by atoms with Crippen molar-refractivity contribution in [3.63, 3.8) is 0 Å². The summed E-state index contributed by atoms with van der Waals surface area (Å²) in [6, 6.07) is 2.26. The number of nitriles is 1. The molecular weight excluding hydrogens is 148 g/mol. The molecule has 1 heterocycles. The molecule has 0 bridgehead atoms. The molecule has 12 heavy (non-hydrogen) atoms. The van der Waals surface area contributed by atoms with E-state index in [0.717, 1.165) is 26.1 Å². The molecule has 1 rings (SSSR count). The molecule has 0 aromatic heterocycles. The van der Waals surface area contributed by atoms with Gasteiger partial charge in [0.25, 0.3) is 0 Å². The maximum atomic E-state index is 8.63. The average molecular weight is 164 g/mol. The van der Waals surface area contributed by atoms with Crippen molar-refractivity contribution in [2.75, 3.05) is 19.6 Å². The maximum Gasteiger partial charge on any atom is 0.0666 e. The molecule has 2 heteroatoms. The smallest absolute Gasteiger partial charge is 0.0666 e. The fourth-order valence-corrected chi connectivity index (χ4v) is 1.41. The molecule has 0 aromatic rings. The topological polar surface area (TPSA) is 27.0 Å². The Labute approximate surface area is 74.5 Å². The summed E-state index contributed by atoms with van der Waals surface area (Å²) in [7, 11) is 0. The van der Waals surface area contributed by atoms with E-state index >= 15 is 0 Å². The zero-order valence-electron chi connectivity index (χ0n) is 7.88. The standard InChI is InChI=1S/C10H16N2/c1-9-3-5-12(6-4-9)8-10(2)7-11/h3,10H,4-6,8H2,1-2H3. The van der Waals surface area contributed by atoms with Crippen molar-refractivity contribution >= 4 is 0 Å². The highest BCUT2D eigenvalue weighted by Gasteiger charge is 2.11. The first kappa shape index (κ1) is 9.28. The first-order chi connectivity index (χ1) is 5.72. The third kappa shape index (κ3) is 2.67. The van der Waals surface area contributed by atoms with E-state index in [1.807, 2.05) is 6.92 Å². The van der Waals surface area contributed by atoms with Crippen molar-refractivity contribution in [2.24, 2.45) is 5.92 Å². The molecule has 0 spiro atoms. The van der Waals surface area contributed by atoms with Crippen LogP contribution in [0.15, 0.2) is 11.6 Å². The Morgan fingerprint density at radius 1 is 1.75 bits per heavy atom. The normalized spacial score (nSPS) is 21.2. The van der Waals surface area contributed by atoms with Gasteiger partial charge in [-0.2, -0.15) is 5.26 Å². The van der Waals surface area contributed by atoms with Gasteiger partial charge in [-0.05, 0) is 20.3 Å². The van der Waals surface area contributed by atoms with Crippen LogP contribution in [0.3, 0.4) is 0 Å². The minimum Gasteiger partial charge on any atom is -0.298 e. The van der Waals surface area contributed by atoms with Crippen molar-refractivity contribution in [1.29, 1.82) is 5.26 Å². The average Bonchev–Trinajstić information content (AvgIpc) is 2.09. The molecule has 1 unspecified atom stereocenters. The highest BCUT2D eigenvalue weighted by Crippen LogP contribution is 2.10. The van der Waals surface area contributed by atoms with Gasteiger partial charge in [-0.3, -0.25) is 4.90 Å². The van der Waals surface area contributed by atoms with Gasteiger partial charge in [0.05, 0.1) is 12.0 Å². The van der Waals surface area contributed by atoms with Gasteiger partial charge in [-0.15, -0.1) is 0 Å². The van der Waals surface area contributed by atoms with Crippen molar-refractivity contribution in [1.82, 2.24) is 4.90 Å². The van der Waals surface area contributed by atoms with E-state index in [1.165, 1.54) is 5.57 Å². The fourth-order valence-electron chi connectivity index (χ4n) is 1.41. The second-order valence-electron chi connectivity index (χ2n) is 3.59. The summed E-state index contributed by atoms with van der Waals surface area (Å²) < 4.78 is 0. The second kappa shape index (κ2) is 4.27. The third-order valence-corrected chi connectivity index (χ3v) is 2.27. The molecular formula is C10H16N2. The SMILES string of the molecule is CC1=CCN(CC(C)C#N)CC1. The van der Waals surface area contributed by atoms with Gasteiger partial charge >= 0.3 is 0 Å². The molecule has 1 atom stereocenters. The van der Waals surface area contributed by atoms with Crippen LogP contribution in [0, 0.1) is 17.2 Å². The molecule has 0 aromatic carbocycles. The van der Waals surface area contributed by atoms with Gasteiger partial charge in [-0.25, -0.2) is 0 Å². The predicted octanol–water partition coefficient (Wildman–Crippen LogP) is 1.80. The molecule has 0 aliphatic carbocycles. The minimum absolute atomic E-state index is 0.164. The molecule has 66 valence electrons. The number of hydrogen-bond donors (Lipinski definition) is 0. The first-order valence-electron chi connectivity index (χ1n) is 4.50. The number of rotatable bonds is 2. The lowest BCUT2D eigenvalue weighted by atomic mass is 10.1. The molecule has 0 fully saturated rings. The third-order valence-electron chi connectivity index (χ3n) is 2.27. The Balaban J connectivity index is 2.33. The van der Waals surface area contributed by atoms with Gasteiger partial charge < -0.3 is 0 Å². The van der Waals surface area contributed by atoms with E-state index in [2.05, 4.69) is 24.0 Å². The molecule has 0 saturated heterocycles. The summed E-state index contributed by atoms with van der Waals surface area (Å²) in [6.07, 6.45) is 3.42. The van der Waals surface area contributed by atoms with Crippen molar-refractivity contribution < 1.29 is 0 Å². The van der Waals surface area contributed by atoms with Crippen LogP contribution in [0.1, 0.15) is 20.3 Å². The van der Waals surface area contributed by atoms with Crippen LogP contribution in [0.4, 0.5) is 0 Å². The highest BCUT2D eigenvalue weighted by atomic mass is 15.1. The van der Waals surface area contributed by atoms with Crippen molar-refractivity contribution in [3.05, 3.63) is 11.6 Å². The summed E-state index contributed by atoms with van der Waals surface area (Å²) in [6.45, 7) is 7.21. The number of hydrogen-bond acceptors (Lipinski definition) is 2. The lowest BCUT2D eigenvalue weighted by molar-refractivity contribution is 0.274. The summed E-state index contributed by atoms with van der Waals surface area (Å²) in [5, 5.41) is 8.63. The zero-order chi connectivity index (χ0) is 8.97.